The highest BCUT2D eigenvalue weighted by Crippen LogP contribution is 2.29. The first-order valence-corrected chi connectivity index (χ1v) is 7.76. The lowest BCUT2D eigenvalue weighted by molar-refractivity contribution is -0.137. The van der Waals surface area contributed by atoms with Crippen LogP contribution >= 0.6 is 15.9 Å². The third-order valence-electron chi connectivity index (χ3n) is 3.37. The number of rotatable bonds is 4. The van der Waals surface area contributed by atoms with Crippen molar-refractivity contribution in [1.82, 2.24) is 5.32 Å². The Kier molecular flexibility index (Phi) is 5.46. The third kappa shape index (κ3) is 4.82. The van der Waals surface area contributed by atoms with Crippen LogP contribution in [0.1, 0.15) is 29.7 Å². The average Bonchev–Trinajstić information content (AvgIpc) is 2.46. The maximum absolute atomic E-state index is 12.7. The van der Waals surface area contributed by atoms with Crippen LogP contribution < -0.4 is 5.32 Å². The minimum absolute atomic E-state index is 0.0985. The van der Waals surface area contributed by atoms with Gasteiger partial charge in [-0.1, -0.05) is 52.3 Å². The third-order valence-corrected chi connectivity index (χ3v) is 4.09. The highest BCUT2D eigenvalue weighted by Gasteiger charge is 2.30. The number of carbonyl (C=O) groups is 1. The summed E-state index contributed by atoms with van der Waals surface area (Å²) >= 11 is 3.41. The number of amides is 1. The second kappa shape index (κ2) is 7.17. The largest absolute Gasteiger partial charge is 0.416 e. The van der Waals surface area contributed by atoms with Crippen LogP contribution in [0.2, 0.25) is 0 Å². The fourth-order valence-corrected chi connectivity index (χ4v) is 2.87. The molecule has 23 heavy (non-hydrogen) atoms. The lowest BCUT2D eigenvalue weighted by Gasteiger charge is -2.16. The normalized spacial score (nSPS) is 12.7. The summed E-state index contributed by atoms with van der Waals surface area (Å²) in [4.78, 5) is 12.1. The summed E-state index contributed by atoms with van der Waals surface area (Å²) in [6.07, 6.45) is -4.51. The number of benzene rings is 2. The van der Waals surface area contributed by atoms with Gasteiger partial charge in [-0.05, 0) is 30.2 Å². The first-order valence-electron chi connectivity index (χ1n) is 6.97. The van der Waals surface area contributed by atoms with Gasteiger partial charge in [-0.15, -0.1) is 0 Å². The molecule has 2 rings (SSSR count). The molecule has 0 spiro atoms. The monoisotopic (exact) mass is 385 g/mol. The van der Waals surface area contributed by atoms with Crippen LogP contribution in [0, 0.1) is 0 Å². The van der Waals surface area contributed by atoms with Crippen LogP contribution in [0.3, 0.4) is 0 Å². The number of halogens is 4. The van der Waals surface area contributed by atoms with E-state index in [0.717, 1.165) is 22.2 Å². The highest BCUT2D eigenvalue weighted by molar-refractivity contribution is 9.10. The molecule has 6 heteroatoms. The predicted molar refractivity (Wildman–Crippen MR) is 85.8 cm³/mol. The van der Waals surface area contributed by atoms with Crippen LogP contribution in [0.15, 0.2) is 53.0 Å². The fourth-order valence-electron chi connectivity index (χ4n) is 2.24. The Bertz CT molecular complexity index is 700. The summed E-state index contributed by atoms with van der Waals surface area (Å²) in [7, 11) is 0. The van der Waals surface area contributed by atoms with E-state index in [1.165, 1.54) is 12.1 Å². The van der Waals surface area contributed by atoms with Gasteiger partial charge in [0.15, 0.2) is 0 Å². The number of hydrogen-bond donors (Lipinski definition) is 1. The van der Waals surface area contributed by atoms with Crippen molar-refractivity contribution >= 4 is 21.8 Å². The van der Waals surface area contributed by atoms with Gasteiger partial charge in [0.1, 0.15) is 0 Å². The average molecular weight is 386 g/mol. The molecule has 1 N–H and O–H groups in total. The molecule has 2 aromatic rings. The fraction of sp³-hybridized carbons (Fsp3) is 0.235. The van der Waals surface area contributed by atoms with E-state index >= 15 is 0 Å². The van der Waals surface area contributed by atoms with Crippen LogP contribution in [-0.4, -0.2) is 5.91 Å². The van der Waals surface area contributed by atoms with E-state index in [0.29, 0.717) is 5.56 Å². The maximum atomic E-state index is 12.7. The van der Waals surface area contributed by atoms with Crippen molar-refractivity contribution in [2.75, 3.05) is 0 Å². The molecule has 1 unspecified atom stereocenters. The van der Waals surface area contributed by atoms with Gasteiger partial charge in [0.2, 0.25) is 5.91 Å². The molecular formula is C17H15BrF3NO. The van der Waals surface area contributed by atoms with Crippen LogP contribution in [0.4, 0.5) is 13.2 Å². The predicted octanol–water partition coefficient (Wildman–Crippen LogP) is 4.89. The Balaban J connectivity index is 2.04. The number of carbonyl (C=O) groups excluding carboxylic acids is 1. The van der Waals surface area contributed by atoms with E-state index in [-0.39, 0.29) is 18.4 Å². The summed E-state index contributed by atoms with van der Waals surface area (Å²) in [6, 6.07) is 12.0. The molecule has 0 aromatic heterocycles. The van der Waals surface area contributed by atoms with Crippen molar-refractivity contribution in [1.29, 1.82) is 0 Å². The number of nitrogens with one attached hydrogen (secondary N) is 1. The molecule has 122 valence electrons. The SMILES string of the molecule is CC(NC(=O)Cc1cccc(C(F)(F)F)c1)c1ccccc1Br. The van der Waals surface area contributed by atoms with Crippen molar-refractivity contribution in [3.63, 3.8) is 0 Å². The Morgan fingerprint density at radius 2 is 1.87 bits per heavy atom. The van der Waals surface area contributed by atoms with Gasteiger partial charge < -0.3 is 5.32 Å². The second-order valence-electron chi connectivity index (χ2n) is 5.19. The van der Waals surface area contributed by atoms with Crippen LogP contribution in [-0.2, 0) is 17.4 Å². The summed E-state index contributed by atoms with van der Waals surface area (Å²) in [5, 5.41) is 2.79. The molecule has 0 aliphatic heterocycles. The van der Waals surface area contributed by atoms with Gasteiger partial charge >= 0.3 is 6.18 Å². The smallest absolute Gasteiger partial charge is 0.349 e. The summed E-state index contributed by atoms with van der Waals surface area (Å²) < 4.78 is 38.9. The Morgan fingerprint density at radius 1 is 1.17 bits per heavy atom. The Hall–Kier alpha value is -1.82. The van der Waals surface area contributed by atoms with E-state index in [2.05, 4.69) is 21.2 Å². The molecule has 0 heterocycles. The van der Waals surface area contributed by atoms with E-state index in [1.54, 1.807) is 0 Å². The van der Waals surface area contributed by atoms with Crippen LogP contribution in [0.25, 0.3) is 0 Å². The maximum Gasteiger partial charge on any atom is 0.416 e. The van der Waals surface area contributed by atoms with E-state index in [1.807, 2.05) is 31.2 Å². The highest BCUT2D eigenvalue weighted by atomic mass is 79.9. The van der Waals surface area contributed by atoms with E-state index in [9.17, 15) is 18.0 Å². The Morgan fingerprint density at radius 3 is 2.52 bits per heavy atom. The molecule has 1 amide bonds. The summed E-state index contributed by atoms with van der Waals surface area (Å²) in [5.74, 6) is -0.326. The molecule has 0 radical (unpaired) electrons. The van der Waals surface area contributed by atoms with Crippen molar-refractivity contribution in [2.24, 2.45) is 0 Å². The molecule has 0 bridgehead atoms. The first-order chi connectivity index (χ1) is 10.8. The molecular weight excluding hydrogens is 371 g/mol. The minimum Gasteiger partial charge on any atom is -0.349 e. The van der Waals surface area contributed by atoms with Gasteiger partial charge in [-0.3, -0.25) is 4.79 Å². The zero-order valence-electron chi connectivity index (χ0n) is 12.3. The number of hydrogen-bond acceptors (Lipinski definition) is 1. The zero-order valence-corrected chi connectivity index (χ0v) is 13.9. The van der Waals surface area contributed by atoms with Crippen molar-refractivity contribution < 1.29 is 18.0 Å². The number of alkyl halides is 3. The lowest BCUT2D eigenvalue weighted by Crippen LogP contribution is -2.28. The van der Waals surface area contributed by atoms with E-state index < -0.39 is 11.7 Å². The molecule has 0 aliphatic carbocycles. The molecule has 1 atom stereocenters. The minimum atomic E-state index is -4.41. The zero-order chi connectivity index (χ0) is 17.0. The van der Waals surface area contributed by atoms with Gasteiger partial charge in [0.05, 0.1) is 18.0 Å². The molecule has 0 saturated heterocycles. The molecule has 0 saturated carbocycles. The van der Waals surface area contributed by atoms with E-state index in [4.69, 9.17) is 0 Å². The quantitative estimate of drug-likeness (QED) is 0.797. The van der Waals surface area contributed by atoms with Crippen molar-refractivity contribution in [3.8, 4) is 0 Å². The molecule has 0 fully saturated rings. The molecule has 0 aliphatic rings. The van der Waals surface area contributed by atoms with Gasteiger partial charge in [0.25, 0.3) is 0 Å². The first kappa shape index (κ1) is 17.5. The van der Waals surface area contributed by atoms with Crippen molar-refractivity contribution in [3.05, 3.63) is 69.7 Å². The standard InChI is InChI=1S/C17H15BrF3NO/c1-11(14-7-2-3-8-15(14)18)22-16(23)10-12-5-4-6-13(9-12)17(19,20)21/h2-9,11H,10H2,1H3,(H,22,23). The molecule has 2 nitrogen and oxygen atoms in total. The topological polar surface area (TPSA) is 29.1 Å². The van der Waals surface area contributed by atoms with Gasteiger partial charge in [-0.25, -0.2) is 0 Å². The Labute approximate surface area is 140 Å². The van der Waals surface area contributed by atoms with Crippen LogP contribution in [0.5, 0.6) is 0 Å². The van der Waals surface area contributed by atoms with Gasteiger partial charge in [0, 0.05) is 4.47 Å². The summed E-state index contributed by atoms with van der Waals surface area (Å²) in [6.45, 7) is 1.82. The van der Waals surface area contributed by atoms with Crippen molar-refractivity contribution in [2.45, 2.75) is 25.6 Å². The lowest BCUT2D eigenvalue weighted by atomic mass is 10.1. The molecule has 2 aromatic carbocycles. The second-order valence-corrected chi connectivity index (χ2v) is 6.04. The van der Waals surface area contributed by atoms with Gasteiger partial charge in [-0.2, -0.15) is 13.2 Å². The summed E-state index contributed by atoms with van der Waals surface area (Å²) in [5.41, 5.74) is 0.489.